The molecule has 0 bridgehead atoms. The minimum absolute atomic E-state index is 0.101. The maximum atomic E-state index is 13.2. The number of amides is 2. The zero-order valence-electron chi connectivity index (χ0n) is 30.5. The number of aromatic nitrogens is 3. The summed E-state index contributed by atoms with van der Waals surface area (Å²) < 4.78 is 19.4. The maximum absolute atomic E-state index is 13.2. The van der Waals surface area contributed by atoms with E-state index in [0.29, 0.717) is 16.8 Å². The standard InChI is InChI=1S/C37H50ClN7O6/c1-23(2)45-29-8-7-25(17-24(29)18-30(33(45)47)49-20-31(46)39-6)41-32-28(38)19-40-34(42-32)43-15-11-27(12-16-43)50-26-9-13-37(14-10-26)21-44(22-37)35(48)51-36(3,4)5/h7-8,17-19,23,26-27H,9-16,20-22H2,1-6H3,(H,39,46)(H,40,41,42). The molecule has 2 N–H and O–H groups in total. The Morgan fingerprint density at radius 2 is 1.75 bits per heavy atom. The van der Waals surface area contributed by atoms with Gasteiger partial charge in [0.2, 0.25) is 5.95 Å². The number of benzene rings is 1. The summed E-state index contributed by atoms with van der Waals surface area (Å²) in [5.74, 6) is 0.849. The van der Waals surface area contributed by atoms with Gasteiger partial charge in [-0.1, -0.05) is 11.6 Å². The van der Waals surface area contributed by atoms with Crippen molar-refractivity contribution >= 4 is 52.0 Å². The fraction of sp³-hybridized carbons (Fsp3) is 0.595. The third kappa shape index (κ3) is 8.52. The lowest BCUT2D eigenvalue weighted by molar-refractivity contribution is -0.122. The molecule has 0 radical (unpaired) electrons. The molecule has 0 atom stereocenters. The quantitative estimate of drug-likeness (QED) is 0.268. The van der Waals surface area contributed by atoms with E-state index in [2.05, 4.69) is 20.5 Å². The number of nitrogens with zero attached hydrogens (tertiary/aromatic N) is 5. The highest BCUT2D eigenvalue weighted by Gasteiger charge is 2.48. The van der Waals surface area contributed by atoms with E-state index in [1.807, 2.05) is 57.7 Å². The van der Waals surface area contributed by atoms with Crippen molar-refractivity contribution < 1.29 is 23.8 Å². The summed E-state index contributed by atoms with van der Waals surface area (Å²) in [6, 6.07) is 7.18. The molecule has 3 aliphatic rings. The third-order valence-corrected chi connectivity index (χ3v) is 10.2. The van der Waals surface area contributed by atoms with Gasteiger partial charge in [0.1, 0.15) is 10.6 Å². The summed E-state index contributed by atoms with van der Waals surface area (Å²) in [4.78, 5) is 50.7. The lowest BCUT2D eigenvalue weighted by Crippen LogP contribution is -2.60. The molecule has 0 unspecified atom stereocenters. The molecule has 2 aromatic heterocycles. The number of piperidine rings is 1. The Hall–Kier alpha value is -4.10. The van der Waals surface area contributed by atoms with Crippen LogP contribution in [0.4, 0.5) is 22.2 Å². The fourth-order valence-electron chi connectivity index (χ4n) is 7.30. The first kappa shape index (κ1) is 36.7. The molecule has 3 aromatic rings. The number of hydrogen-bond donors (Lipinski definition) is 2. The van der Waals surface area contributed by atoms with Crippen LogP contribution in [-0.4, -0.2) is 89.1 Å². The Bertz CT molecular complexity index is 1800. The highest BCUT2D eigenvalue weighted by atomic mass is 35.5. The number of halogens is 1. The normalized spacial score (nSPS) is 18.2. The molecule has 3 fully saturated rings. The van der Waals surface area contributed by atoms with Crippen LogP contribution in [0.1, 0.15) is 79.2 Å². The van der Waals surface area contributed by atoms with Crippen molar-refractivity contribution in [2.75, 3.05) is 50.1 Å². The topological polar surface area (TPSA) is 140 Å². The smallest absolute Gasteiger partial charge is 0.410 e. The van der Waals surface area contributed by atoms with Crippen LogP contribution in [0.25, 0.3) is 10.9 Å². The molecule has 6 rings (SSSR count). The monoisotopic (exact) mass is 723 g/mol. The van der Waals surface area contributed by atoms with Crippen LogP contribution in [0.3, 0.4) is 0 Å². The van der Waals surface area contributed by atoms with E-state index in [1.165, 1.54) is 7.05 Å². The van der Waals surface area contributed by atoms with Crippen LogP contribution in [0.15, 0.2) is 35.3 Å². The van der Waals surface area contributed by atoms with Gasteiger partial charge in [0, 0.05) is 55.8 Å². The van der Waals surface area contributed by atoms with Gasteiger partial charge in [0.05, 0.1) is 23.9 Å². The largest absolute Gasteiger partial charge is 0.478 e. The van der Waals surface area contributed by atoms with Crippen molar-refractivity contribution in [2.45, 2.75) is 97.0 Å². The van der Waals surface area contributed by atoms with E-state index < -0.39 is 5.60 Å². The number of rotatable bonds is 9. The predicted octanol–water partition coefficient (Wildman–Crippen LogP) is 6.06. The maximum Gasteiger partial charge on any atom is 0.410 e. The Balaban J connectivity index is 1.04. The van der Waals surface area contributed by atoms with Gasteiger partial charge in [-0.15, -0.1) is 0 Å². The number of pyridine rings is 1. The van der Waals surface area contributed by atoms with Gasteiger partial charge in [-0.2, -0.15) is 4.98 Å². The second-order valence-corrected chi connectivity index (χ2v) is 15.8. The average molecular weight is 724 g/mol. The predicted molar refractivity (Wildman–Crippen MR) is 197 cm³/mol. The summed E-state index contributed by atoms with van der Waals surface area (Å²) in [7, 11) is 1.52. The van der Waals surface area contributed by atoms with Crippen LogP contribution in [0.5, 0.6) is 5.75 Å². The molecule has 1 aromatic carbocycles. The van der Waals surface area contributed by atoms with Crippen LogP contribution in [-0.2, 0) is 14.3 Å². The van der Waals surface area contributed by atoms with Crippen LogP contribution in [0.2, 0.25) is 5.02 Å². The van der Waals surface area contributed by atoms with Crippen LogP contribution < -0.4 is 25.8 Å². The van der Waals surface area contributed by atoms with E-state index >= 15 is 0 Å². The molecule has 13 nitrogen and oxygen atoms in total. The Kier molecular flexibility index (Phi) is 10.7. The summed E-state index contributed by atoms with van der Waals surface area (Å²) in [5.41, 5.74) is 0.911. The number of likely N-dealkylation sites (N-methyl/N-ethyl adjacent to an activating group) is 1. The van der Waals surface area contributed by atoms with Crippen molar-refractivity contribution in [2.24, 2.45) is 5.41 Å². The Morgan fingerprint density at radius 3 is 2.39 bits per heavy atom. The first-order chi connectivity index (χ1) is 24.2. The molecule has 1 aliphatic carbocycles. The zero-order valence-corrected chi connectivity index (χ0v) is 31.2. The van der Waals surface area contributed by atoms with Crippen LogP contribution >= 0.6 is 11.6 Å². The first-order valence-electron chi connectivity index (χ1n) is 17.9. The molecule has 2 amide bonds. The van der Waals surface area contributed by atoms with Gasteiger partial charge in [0.25, 0.3) is 11.5 Å². The van der Waals surface area contributed by atoms with E-state index in [1.54, 1.807) is 16.8 Å². The number of nitrogens with one attached hydrogen (secondary N) is 2. The van der Waals surface area contributed by atoms with Gasteiger partial charge in [-0.25, -0.2) is 9.78 Å². The number of carbonyl (C=O) groups excluding carboxylic acids is 2. The van der Waals surface area contributed by atoms with Crippen LogP contribution in [0, 0.1) is 5.41 Å². The fourth-order valence-corrected chi connectivity index (χ4v) is 7.44. The number of likely N-dealkylation sites (tertiary alicyclic amines) is 1. The van der Waals surface area contributed by atoms with Crippen molar-refractivity contribution in [3.8, 4) is 5.75 Å². The summed E-state index contributed by atoms with van der Waals surface area (Å²) in [6.07, 6.45) is 7.80. The molecule has 1 spiro atoms. The summed E-state index contributed by atoms with van der Waals surface area (Å²) >= 11 is 6.56. The first-order valence-corrected chi connectivity index (χ1v) is 18.3. The molecule has 2 aliphatic heterocycles. The lowest BCUT2D eigenvalue weighted by Gasteiger charge is -2.53. The minimum atomic E-state index is -0.473. The number of ether oxygens (including phenoxy) is 3. The van der Waals surface area contributed by atoms with Crippen molar-refractivity contribution in [1.82, 2.24) is 24.8 Å². The van der Waals surface area contributed by atoms with Crippen molar-refractivity contribution in [3.63, 3.8) is 0 Å². The zero-order chi connectivity index (χ0) is 36.5. The van der Waals surface area contributed by atoms with Gasteiger partial charge in [0.15, 0.2) is 18.2 Å². The van der Waals surface area contributed by atoms with E-state index in [9.17, 15) is 14.4 Å². The second kappa shape index (κ2) is 14.9. The van der Waals surface area contributed by atoms with Crippen molar-refractivity contribution in [3.05, 3.63) is 45.8 Å². The highest BCUT2D eigenvalue weighted by Crippen LogP contribution is 2.45. The highest BCUT2D eigenvalue weighted by molar-refractivity contribution is 6.32. The molecule has 14 heteroatoms. The number of fused-ring (bicyclic) bond motifs is 1. The molecular formula is C37H50ClN7O6. The average Bonchev–Trinajstić information content (AvgIpc) is 3.07. The number of hydrogen-bond acceptors (Lipinski definition) is 10. The molecule has 2 saturated heterocycles. The molecule has 51 heavy (non-hydrogen) atoms. The van der Waals surface area contributed by atoms with Gasteiger partial charge >= 0.3 is 6.09 Å². The summed E-state index contributed by atoms with van der Waals surface area (Å²) in [6.45, 7) is 12.4. The second-order valence-electron chi connectivity index (χ2n) is 15.4. The third-order valence-electron chi connectivity index (χ3n) is 9.96. The Morgan fingerprint density at radius 1 is 1.06 bits per heavy atom. The van der Waals surface area contributed by atoms with E-state index in [0.717, 1.165) is 81.3 Å². The number of anilines is 3. The molecule has 4 heterocycles. The SMILES string of the molecule is CNC(=O)COc1cc2cc(Nc3nc(N4CCC(OC5CCC6(CC5)CN(C(=O)OC(C)(C)C)C6)CC4)ncc3Cl)ccc2n(C(C)C)c1=O. The van der Waals surface area contributed by atoms with Gasteiger partial charge < -0.3 is 39.2 Å². The Labute approximate surface area is 304 Å². The molecule has 276 valence electrons. The number of carbonyl (C=O) groups is 2. The van der Waals surface area contributed by atoms with Gasteiger partial charge in [-0.05, 0) is 97.4 Å². The molecule has 1 saturated carbocycles. The molecular weight excluding hydrogens is 674 g/mol. The minimum Gasteiger partial charge on any atom is -0.478 e. The van der Waals surface area contributed by atoms with E-state index in [-0.39, 0.29) is 53.6 Å². The lowest BCUT2D eigenvalue weighted by atomic mass is 9.68. The van der Waals surface area contributed by atoms with Gasteiger partial charge in [-0.3, -0.25) is 9.59 Å². The van der Waals surface area contributed by atoms with Crippen molar-refractivity contribution in [1.29, 1.82) is 0 Å². The summed E-state index contributed by atoms with van der Waals surface area (Å²) in [5, 5.41) is 6.98. The van der Waals surface area contributed by atoms with E-state index in [4.69, 9.17) is 30.8 Å².